The van der Waals surface area contributed by atoms with E-state index in [4.69, 9.17) is 0 Å². The molecule has 0 aromatic carbocycles. The van der Waals surface area contributed by atoms with Crippen molar-refractivity contribution < 1.29 is 13.2 Å². The molecule has 0 amide bonds. The number of alkyl halides is 3. The van der Waals surface area contributed by atoms with Crippen LogP contribution in [-0.4, -0.2) is 33.4 Å². The highest BCUT2D eigenvalue weighted by Gasteiger charge is 2.38. The molecular weight excluding hydrogens is 283 g/mol. The summed E-state index contributed by atoms with van der Waals surface area (Å²) in [6, 6.07) is 0. The highest BCUT2D eigenvalue weighted by molar-refractivity contribution is 5.59. The van der Waals surface area contributed by atoms with Crippen LogP contribution in [0.4, 0.5) is 19.0 Å². The summed E-state index contributed by atoms with van der Waals surface area (Å²) in [6.45, 7) is 6.36. The van der Waals surface area contributed by atoms with Gasteiger partial charge in [-0.1, -0.05) is 13.3 Å². The van der Waals surface area contributed by atoms with Gasteiger partial charge in [-0.05, 0) is 20.3 Å². The Morgan fingerprint density at radius 2 is 1.81 bits per heavy atom. The lowest BCUT2D eigenvalue weighted by molar-refractivity contribution is -0.146. The number of aryl methyl sites for hydroxylation is 1. The lowest BCUT2D eigenvalue weighted by Gasteiger charge is -2.21. The van der Waals surface area contributed by atoms with Crippen molar-refractivity contribution in [2.24, 2.45) is 0 Å². The number of nitrogens with zero attached hydrogens (tertiary/aromatic N) is 5. The summed E-state index contributed by atoms with van der Waals surface area (Å²) in [7, 11) is 1.83. The number of halogens is 3. The van der Waals surface area contributed by atoms with E-state index in [2.05, 4.69) is 22.2 Å². The molecule has 116 valence electrons. The van der Waals surface area contributed by atoms with Crippen molar-refractivity contribution in [2.45, 2.75) is 39.8 Å². The number of aromatic nitrogens is 4. The molecule has 0 radical (unpaired) electrons. The molecule has 0 atom stereocenters. The molecule has 2 aromatic heterocycles. The van der Waals surface area contributed by atoms with Gasteiger partial charge in [0, 0.05) is 24.7 Å². The van der Waals surface area contributed by atoms with Crippen LogP contribution in [0.1, 0.15) is 36.7 Å². The van der Waals surface area contributed by atoms with E-state index in [1.165, 1.54) is 0 Å². The van der Waals surface area contributed by atoms with Crippen LogP contribution in [0.5, 0.6) is 0 Å². The first-order valence-corrected chi connectivity index (χ1v) is 6.78. The maximum Gasteiger partial charge on any atom is 0.453 e. The Labute approximate surface area is 120 Å². The van der Waals surface area contributed by atoms with Crippen molar-refractivity contribution in [3.05, 3.63) is 17.0 Å². The SMILES string of the molecule is CCCCN(C)c1nn2c(C(F)(F)F)nnc2c(C)c1C. The zero-order valence-corrected chi connectivity index (χ0v) is 12.5. The van der Waals surface area contributed by atoms with Gasteiger partial charge in [0.05, 0.1) is 0 Å². The van der Waals surface area contributed by atoms with E-state index in [9.17, 15) is 13.2 Å². The lowest BCUT2D eigenvalue weighted by Crippen LogP contribution is -2.23. The fourth-order valence-electron chi connectivity index (χ4n) is 2.15. The first-order chi connectivity index (χ1) is 9.77. The average molecular weight is 301 g/mol. The normalized spacial score (nSPS) is 12.1. The van der Waals surface area contributed by atoms with Crippen molar-refractivity contribution in [1.29, 1.82) is 0 Å². The summed E-state index contributed by atoms with van der Waals surface area (Å²) in [4.78, 5) is 1.87. The van der Waals surface area contributed by atoms with Crippen LogP contribution in [-0.2, 0) is 6.18 Å². The first kappa shape index (κ1) is 15.5. The van der Waals surface area contributed by atoms with E-state index in [1.54, 1.807) is 6.92 Å². The van der Waals surface area contributed by atoms with E-state index >= 15 is 0 Å². The van der Waals surface area contributed by atoms with Crippen LogP contribution in [0.3, 0.4) is 0 Å². The Bertz CT molecular complexity index is 647. The summed E-state index contributed by atoms with van der Waals surface area (Å²) in [5, 5.41) is 11.0. The van der Waals surface area contributed by atoms with Crippen molar-refractivity contribution >= 4 is 11.5 Å². The van der Waals surface area contributed by atoms with Crippen LogP contribution in [0.25, 0.3) is 5.65 Å². The maximum absolute atomic E-state index is 12.9. The van der Waals surface area contributed by atoms with Crippen molar-refractivity contribution in [1.82, 2.24) is 19.8 Å². The van der Waals surface area contributed by atoms with E-state index in [0.29, 0.717) is 11.4 Å². The highest BCUT2D eigenvalue weighted by Crippen LogP contribution is 2.30. The predicted molar refractivity (Wildman–Crippen MR) is 73.4 cm³/mol. The van der Waals surface area contributed by atoms with Gasteiger partial charge in [0.1, 0.15) is 0 Å². The van der Waals surface area contributed by atoms with E-state index < -0.39 is 12.0 Å². The molecule has 0 aliphatic carbocycles. The van der Waals surface area contributed by atoms with Crippen molar-refractivity contribution in [3.63, 3.8) is 0 Å². The Balaban J connectivity index is 2.59. The lowest BCUT2D eigenvalue weighted by atomic mass is 10.1. The van der Waals surface area contributed by atoms with Gasteiger partial charge in [0.2, 0.25) is 0 Å². The van der Waals surface area contributed by atoms with Crippen LogP contribution in [0, 0.1) is 13.8 Å². The van der Waals surface area contributed by atoms with E-state index in [0.717, 1.165) is 29.5 Å². The van der Waals surface area contributed by atoms with E-state index in [1.807, 2.05) is 18.9 Å². The quantitative estimate of drug-likeness (QED) is 0.871. The van der Waals surface area contributed by atoms with Gasteiger partial charge in [0.25, 0.3) is 5.82 Å². The fraction of sp³-hybridized carbons (Fsp3) is 0.615. The third kappa shape index (κ3) is 2.79. The average Bonchev–Trinajstić information content (AvgIpc) is 2.84. The molecule has 0 bridgehead atoms. The molecule has 0 aliphatic rings. The molecule has 21 heavy (non-hydrogen) atoms. The van der Waals surface area contributed by atoms with Gasteiger partial charge < -0.3 is 4.90 Å². The second kappa shape index (κ2) is 5.50. The molecule has 0 saturated carbocycles. The fourth-order valence-corrected chi connectivity index (χ4v) is 2.15. The minimum Gasteiger partial charge on any atom is -0.358 e. The molecule has 0 N–H and O–H groups in total. The van der Waals surface area contributed by atoms with Crippen molar-refractivity contribution in [2.75, 3.05) is 18.5 Å². The third-order valence-corrected chi connectivity index (χ3v) is 3.53. The van der Waals surface area contributed by atoms with Crippen LogP contribution in [0.2, 0.25) is 0 Å². The predicted octanol–water partition coefficient (Wildman–Crippen LogP) is 3.00. The summed E-state index contributed by atoms with van der Waals surface area (Å²) in [5.41, 5.74) is 1.63. The van der Waals surface area contributed by atoms with Gasteiger partial charge in [0.15, 0.2) is 11.5 Å². The van der Waals surface area contributed by atoms with Gasteiger partial charge in [-0.15, -0.1) is 15.3 Å². The molecule has 2 aromatic rings. The van der Waals surface area contributed by atoms with E-state index in [-0.39, 0.29) is 5.65 Å². The van der Waals surface area contributed by atoms with Crippen molar-refractivity contribution in [3.8, 4) is 0 Å². The van der Waals surface area contributed by atoms with Crippen LogP contribution >= 0.6 is 0 Å². The molecular formula is C13H18F3N5. The summed E-state index contributed by atoms with van der Waals surface area (Å²) in [5.74, 6) is -0.565. The topological polar surface area (TPSA) is 46.3 Å². The Kier molecular flexibility index (Phi) is 4.06. The third-order valence-electron chi connectivity index (χ3n) is 3.53. The minimum absolute atomic E-state index is 0.146. The van der Waals surface area contributed by atoms with Crippen LogP contribution < -0.4 is 4.90 Å². The molecule has 0 aliphatic heterocycles. The van der Waals surface area contributed by atoms with Crippen LogP contribution in [0.15, 0.2) is 0 Å². The standard InChI is InChI=1S/C13H18F3N5/c1-5-6-7-20(4)11-9(3)8(2)10-17-18-12(13(14,15)16)21(10)19-11/h5-7H2,1-4H3. The minimum atomic E-state index is -4.58. The summed E-state index contributed by atoms with van der Waals surface area (Å²) in [6.07, 6.45) is -2.62. The molecule has 0 unspecified atom stereocenters. The number of anilines is 1. The molecule has 2 heterocycles. The zero-order chi connectivity index (χ0) is 15.8. The maximum atomic E-state index is 12.9. The molecule has 0 saturated heterocycles. The number of hydrogen-bond acceptors (Lipinski definition) is 4. The number of rotatable bonds is 4. The van der Waals surface area contributed by atoms with Gasteiger partial charge >= 0.3 is 6.18 Å². The zero-order valence-electron chi connectivity index (χ0n) is 12.5. The number of fused-ring (bicyclic) bond motifs is 1. The monoisotopic (exact) mass is 301 g/mol. The molecule has 0 spiro atoms. The Morgan fingerprint density at radius 3 is 2.38 bits per heavy atom. The molecule has 2 rings (SSSR count). The second-order valence-electron chi connectivity index (χ2n) is 5.11. The molecule has 5 nitrogen and oxygen atoms in total. The molecule has 8 heteroatoms. The summed E-state index contributed by atoms with van der Waals surface area (Å²) < 4.78 is 39.6. The smallest absolute Gasteiger partial charge is 0.358 e. The number of hydrogen-bond donors (Lipinski definition) is 0. The highest BCUT2D eigenvalue weighted by atomic mass is 19.4. The second-order valence-corrected chi connectivity index (χ2v) is 5.11. The first-order valence-electron chi connectivity index (χ1n) is 6.78. The van der Waals surface area contributed by atoms with Gasteiger partial charge in [-0.25, -0.2) is 0 Å². The Morgan fingerprint density at radius 1 is 1.14 bits per heavy atom. The molecule has 0 fully saturated rings. The largest absolute Gasteiger partial charge is 0.453 e. The van der Waals surface area contributed by atoms with Gasteiger partial charge in [-0.3, -0.25) is 0 Å². The number of unbranched alkanes of at least 4 members (excludes halogenated alkanes) is 1. The Hall–Kier alpha value is -1.86. The summed E-state index contributed by atoms with van der Waals surface area (Å²) >= 11 is 0. The van der Waals surface area contributed by atoms with Gasteiger partial charge in [-0.2, -0.15) is 17.7 Å².